The third kappa shape index (κ3) is 4.80. The van der Waals surface area contributed by atoms with Crippen molar-refractivity contribution in [2.24, 2.45) is 0 Å². The van der Waals surface area contributed by atoms with Crippen LogP contribution in [0.3, 0.4) is 0 Å². The van der Waals surface area contributed by atoms with Gasteiger partial charge >= 0.3 is 6.36 Å². The molecule has 0 spiro atoms. The summed E-state index contributed by atoms with van der Waals surface area (Å²) in [5.41, 5.74) is 4.33. The summed E-state index contributed by atoms with van der Waals surface area (Å²) in [5, 5.41) is 3.86. The van der Waals surface area contributed by atoms with Crippen LogP contribution in [0, 0.1) is 25.5 Å². The number of nitrogens with one attached hydrogen (secondary N) is 1. The number of fused-ring (bicyclic) bond motifs is 5. The molecule has 0 radical (unpaired) electrons. The number of halogens is 5. The van der Waals surface area contributed by atoms with Gasteiger partial charge in [-0.3, -0.25) is 10.1 Å². The molecule has 1 aromatic carbocycles. The summed E-state index contributed by atoms with van der Waals surface area (Å²) in [6, 6.07) is 1.16. The second-order valence-electron chi connectivity index (χ2n) is 12.1. The Labute approximate surface area is 259 Å². The number of nitrogen functional groups attached to an aromatic ring is 1. The molecule has 3 fully saturated rings. The summed E-state index contributed by atoms with van der Waals surface area (Å²) in [7, 11) is 0. The predicted octanol–water partition coefficient (Wildman–Crippen LogP) is 4.71. The maximum Gasteiger partial charge on any atom is 0.573 e. The van der Waals surface area contributed by atoms with E-state index < -0.39 is 46.6 Å². The maximum atomic E-state index is 16.7. The smallest absolute Gasteiger partial charge is 0.472 e. The third-order valence-corrected chi connectivity index (χ3v) is 10.3. The van der Waals surface area contributed by atoms with Crippen LogP contribution in [-0.2, 0) is 4.79 Å². The molecular formula is C30H31F5N6O3S. The van der Waals surface area contributed by atoms with Crippen LogP contribution in [0.15, 0.2) is 12.1 Å². The molecular weight excluding hydrogens is 619 g/mol. The summed E-state index contributed by atoms with van der Waals surface area (Å²) in [6.45, 7) is 6.76. The second kappa shape index (κ2) is 10.5. The Hall–Kier alpha value is -3.59. The Morgan fingerprint density at radius 2 is 1.91 bits per heavy atom. The summed E-state index contributed by atoms with van der Waals surface area (Å²) in [5.74, 6) is -1.60. The largest absolute Gasteiger partial charge is 0.573 e. The van der Waals surface area contributed by atoms with Gasteiger partial charge in [-0.05, 0) is 45.2 Å². The van der Waals surface area contributed by atoms with Crippen molar-refractivity contribution in [1.29, 1.82) is 0 Å². The summed E-state index contributed by atoms with van der Waals surface area (Å²) in [4.78, 5) is 27.2. The van der Waals surface area contributed by atoms with Crippen molar-refractivity contribution in [3.8, 4) is 22.9 Å². The molecule has 6 heterocycles. The molecule has 7 rings (SSSR count). The quantitative estimate of drug-likeness (QED) is 0.308. The molecule has 45 heavy (non-hydrogen) atoms. The number of pyridine rings is 2. The summed E-state index contributed by atoms with van der Waals surface area (Å²) < 4.78 is 82.0. The van der Waals surface area contributed by atoms with Crippen molar-refractivity contribution in [2.45, 2.75) is 63.7 Å². The molecule has 3 N–H and O–H groups in total. The lowest BCUT2D eigenvalue weighted by molar-refractivity contribution is -0.275. The van der Waals surface area contributed by atoms with Crippen molar-refractivity contribution >= 4 is 39.9 Å². The molecule has 2 bridgehead atoms. The van der Waals surface area contributed by atoms with Crippen LogP contribution in [0.2, 0.25) is 0 Å². The van der Waals surface area contributed by atoms with Gasteiger partial charge in [-0.25, -0.2) is 18.7 Å². The monoisotopic (exact) mass is 650 g/mol. The van der Waals surface area contributed by atoms with Crippen molar-refractivity contribution in [2.75, 3.05) is 41.8 Å². The molecule has 1 amide bonds. The van der Waals surface area contributed by atoms with Gasteiger partial charge in [0.1, 0.15) is 23.2 Å². The van der Waals surface area contributed by atoms with Crippen LogP contribution < -0.4 is 25.4 Å². The molecule has 3 aromatic rings. The second-order valence-corrected chi connectivity index (χ2v) is 13.3. The van der Waals surface area contributed by atoms with Gasteiger partial charge in [0.15, 0.2) is 17.4 Å². The van der Waals surface area contributed by atoms with Crippen LogP contribution >= 0.6 is 11.8 Å². The highest BCUT2D eigenvalue weighted by Gasteiger charge is 2.57. The molecule has 0 saturated carbocycles. The minimum Gasteiger partial charge on any atom is -0.472 e. The Bertz CT molecular complexity index is 1740. The van der Waals surface area contributed by atoms with Gasteiger partial charge in [0.25, 0.3) is 0 Å². The molecule has 3 saturated heterocycles. The highest BCUT2D eigenvalue weighted by atomic mass is 32.2. The number of benzene rings is 1. The molecule has 4 aliphatic rings. The third-order valence-electron chi connectivity index (χ3n) is 9.37. The van der Waals surface area contributed by atoms with Gasteiger partial charge in [-0.1, -0.05) is 0 Å². The number of piperazine rings is 1. The molecule has 4 unspecified atom stereocenters. The van der Waals surface area contributed by atoms with Gasteiger partial charge in [0.05, 0.1) is 17.0 Å². The van der Waals surface area contributed by atoms with Crippen molar-refractivity contribution in [3.63, 3.8) is 0 Å². The normalized spacial score (nSPS) is 26.0. The van der Waals surface area contributed by atoms with Gasteiger partial charge in [-0.2, -0.15) is 11.8 Å². The summed E-state index contributed by atoms with van der Waals surface area (Å²) in [6.07, 6.45) is -4.52. The van der Waals surface area contributed by atoms with E-state index in [4.69, 9.17) is 15.5 Å². The maximum absolute atomic E-state index is 16.7. The molecule has 9 nitrogen and oxygen atoms in total. The van der Waals surface area contributed by atoms with E-state index in [-0.39, 0.29) is 46.9 Å². The van der Waals surface area contributed by atoms with E-state index in [0.29, 0.717) is 49.1 Å². The first-order chi connectivity index (χ1) is 21.3. The van der Waals surface area contributed by atoms with Gasteiger partial charge < -0.3 is 25.0 Å². The number of carbonyl (C=O) groups excluding carboxylic acids is 1. The molecule has 15 heteroatoms. The number of ether oxygens (including phenoxy) is 2. The van der Waals surface area contributed by atoms with Gasteiger partial charge in [-0.15, -0.1) is 13.2 Å². The fourth-order valence-corrected chi connectivity index (χ4v) is 8.21. The average molecular weight is 651 g/mol. The Balaban J connectivity index is 1.42. The topological polar surface area (TPSA) is 106 Å². The highest BCUT2D eigenvalue weighted by Crippen LogP contribution is 2.48. The van der Waals surface area contributed by atoms with E-state index in [1.807, 2.05) is 28.5 Å². The van der Waals surface area contributed by atoms with E-state index in [1.54, 1.807) is 13.8 Å². The van der Waals surface area contributed by atoms with Gasteiger partial charge in [0.2, 0.25) is 11.8 Å². The van der Waals surface area contributed by atoms with Crippen molar-refractivity contribution < 1.29 is 36.2 Å². The number of thioether (sulfide) groups is 1. The van der Waals surface area contributed by atoms with E-state index in [2.05, 4.69) is 15.0 Å². The Morgan fingerprint density at radius 3 is 2.62 bits per heavy atom. The predicted molar refractivity (Wildman–Crippen MR) is 159 cm³/mol. The minimum absolute atomic E-state index is 0.0189. The van der Waals surface area contributed by atoms with Crippen LogP contribution in [0.4, 0.5) is 33.5 Å². The number of anilines is 2. The fraction of sp³-hybridized carbons (Fsp3) is 0.500. The lowest BCUT2D eigenvalue weighted by Gasteiger charge is -2.48. The number of aromatic nitrogens is 2. The average Bonchev–Trinajstić information content (AvgIpc) is 3.28. The number of rotatable bonds is 3. The van der Waals surface area contributed by atoms with Crippen LogP contribution in [0.25, 0.3) is 22.0 Å². The number of alkyl halides is 3. The standard InChI is InChI=1S/C30H31F5N6O3S/c1-13-14(2)37-26-21-20(13)22(32)23(17-10-16(36)11-18(31)25(17)44-30(33,34)35)38-27(21)43-15(3)24-19-4-5-29(39-19,12-41(24)26)28(42)40-6-8-45-9-7-40/h10-11,15,19,24,39H,4-9,12,36H2,1-3H3. The molecule has 240 valence electrons. The lowest BCUT2D eigenvalue weighted by Crippen LogP contribution is -2.72. The van der Waals surface area contributed by atoms with Crippen LogP contribution in [0.1, 0.15) is 31.0 Å². The minimum atomic E-state index is -5.27. The number of carbonyl (C=O) groups is 1. The number of amides is 1. The Morgan fingerprint density at radius 1 is 1.18 bits per heavy atom. The first-order valence-corrected chi connectivity index (χ1v) is 15.9. The van der Waals surface area contributed by atoms with Crippen LogP contribution in [0.5, 0.6) is 11.6 Å². The Kier molecular flexibility index (Phi) is 7.00. The first kappa shape index (κ1) is 30.1. The lowest BCUT2D eigenvalue weighted by atomic mass is 9.92. The number of hydrogen-bond donors (Lipinski definition) is 2. The zero-order valence-corrected chi connectivity index (χ0v) is 25.5. The number of hydrogen-bond acceptors (Lipinski definition) is 9. The summed E-state index contributed by atoms with van der Waals surface area (Å²) >= 11 is 1.81. The molecule has 4 aliphatic heterocycles. The van der Waals surface area contributed by atoms with Crippen molar-refractivity contribution in [1.82, 2.24) is 20.2 Å². The zero-order valence-electron chi connectivity index (χ0n) is 24.7. The number of aryl methyl sites for hydroxylation is 2. The van der Waals surface area contributed by atoms with Crippen LogP contribution in [-0.4, -0.2) is 82.0 Å². The van der Waals surface area contributed by atoms with Gasteiger partial charge in [0, 0.05) is 60.0 Å². The fourth-order valence-electron chi connectivity index (χ4n) is 7.31. The molecule has 2 aromatic heterocycles. The van der Waals surface area contributed by atoms with E-state index in [0.717, 1.165) is 17.6 Å². The SMILES string of the molecule is Cc1nc2c3c(nc(-c4cc(N)cc(F)c4OC(F)(F)F)c(F)c3c1C)OC(C)C1C3CCC(C(=O)N4CCSCC4)(CN21)N3. The number of nitrogens with zero attached hydrogens (tertiary/aromatic N) is 4. The zero-order chi connectivity index (χ0) is 32.0. The van der Waals surface area contributed by atoms with E-state index in [9.17, 15) is 22.4 Å². The van der Waals surface area contributed by atoms with E-state index >= 15 is 4.39 Å². The number of nitrogens with two attached hydrogens (primary N) is 1. The first-order valence-electron chi connectivity index (χ1n) is 14.7. The highest BCUT2D eigenvalue weighted by molar-refractivity contribution is 7.99. The molecule has 0 aliphatic carbocycles. The van der Waals surface area contributed by atoms with Crippen molar-refractivity contribution in [3.05, 3.63) is 35.0 Å². The van der Waals surface area contributed by atoms with E-state index in [1.165, 1.54) is 0 Å². The molecule has 4 atom stereocenters.